The van der Waals surface area contributed by atoms with Gasteiger partial charge in [0.05, 0.1) is 24.7 Å². The summed E-state index contributed by atoms with van der Waals surface area (Å²) in [6.45, 7) is 2.46. The molecule has 0 saturated heterocycles. The molecule has 9 heteroatoms. The molecule has 27 heavy (non-hydrogen) atoms. The molecule has 0 saturated carbocycles. The van der Waals surface area contributed by atoms with Crippen molar-refractivity contribution in [2.45, 2.75) is 13.5 Å². The SMILES string of the molecule is COc1ccc2cc(C)c3nn(CCNC(=O)c4cscn4)c(=O)n3c2c1. The van der Waals surface area contributed by atoms with Crippen LogP contribution in [-0.2, 0) is 6.54 Å². The quantitative estimate of drug-likeness (QED) is 0.568. The number of ether oxygens (including phenoxy) is 1. The highest BCUT2D eigenvalue weighted by atomic mass is 32.1. The standard InChI is InChI=1S/C18H17N5O3S/c1-11-7-12-3-4-13(26-2)8-15(12)23-16(11)21-22(18(23)25)6-5-19-17(24)14-9-27-10-20-14/h3-4,7-10H,5-6H2,1-2H3,(H,19,24). The minimum Gasteiger partial charge on any atom is -0.497 e. The topological polar surface area (TPSA) is 90.5 Å². The Morgan fingerprint density at radius 3 is 2.93 bits per heavy atom. The van der Waals surface area contributed by atoms with Crippen molar-refractivity contribution in [2.24, 2.45) is 0 Å². The van der Waals surface area contributed by atoms with Crippen molar-refractivity contribution in [1.82, 2.24) is 24.5 Å². The first kappa shape index (κ1) is 17.2. The van der Waals surface area contributed by atoms with Gasteiger partial charge in [-0.2, -0.15) is 0 Å². The van der Waals surface area contributed by atoms with Crippen LogP contribution in [0.25, 0.3) is 16.6 Å². The number of thiazole rings is 1. The highest BCUT2D eigenvalue weighted by molar-refractivity contribution is 7.07. The maximum atomic E-state index is 12.9. The van der Waals surface area contributed by atoms with E-state index in [-0.39, 0.29) is 24.7 Å². The summed E-state index contributed by atoms with van der Waals surface area (Å²) in [5.74, 6) is 0.405. The van der Waals surface area contributed by atoms with E-state index < -0.39 is 0 Å². The Labute approximate surface area is 158 Å². The first-order chi connectivity index (χ1) is 13.1. The van der Waals surface area contributed by atoms with Gasteiger partial charge in [-0.05, 0) is 36.1 Å². The number of hydrogen-bond donors (Lipinski definition) is 1. The highest BCUT2D eigenvalue weighted by Gasteiger charge is 2.14. The lowest BCUT2D eigenvalue weighted by atomic mass is 10.1. The Balaban J connectivity index is 1.67. The second-order valence-corrected chi connectivity index (χ2v) is 6.77. The van der Waals surface area contributed by atoms with E-state index in [1.165, 1.54) is 16.0 Å². The van der Waals surface area contributed by atoms with E-state index in [9.17, 15) is 9.59 Å². The van der Waals surface area contributed by atoms with Crippen LogP contribution in [0.4, 0.5) is 0 Å². The number of pyridine rings is 1. The molecular weight excluding hydrogens is 366 g/mol. The third-order valence-electron chi connectivity index (χ3n) is 4.32. The molecule has 3 heterocycles. The van der Waals surface area contributed by atoms with Crippen LogP contribution in [0.2, 0.25) is 0 Å². The van der Waals surface area contributed by atoms with Crippen LogP contribution < -0.4 is 15.7 Å². The Morgan fingerprint density at radius 2 is 2.19 bits per heavy atom. The van der Waals surface area contributed by atoms with Crippen LogP contribution in [0.3, 0.4) is 0 Å². The molecule has 3 aromatic heterocycles. The van der Waals surface area contributed by atoms with Gasteiger partial charge in [0.15, 0.2) is 5.65 Å². The predicted octanol–water partition coefficient (Wildman–Crippen LogP) is 1.85. The van der Waals surface area contributed by atoms with Crippen molar-refractivity contribution in [3.8, 4) is 5.75 Å². The number of carbonyl (C=O) groups excluding carboxylic acids is 1. The normalized spacial score (nSPS) is 11.2. The van der Waals surface area contributed by atoms with E-state index in [1.807, 2.05) is 31.2 Å². The van der Waals surface area contributed by atoms with Crippen molar-refractivity contribution in [2.75, 3.05) is 13.7 Å². The summed E-state index contributed by atoms with van der Waals surface area (Å²) in [5.41, 5.74) is 3.94. The van der Waals surface area contributed by atoms with Gasteiger partial charge in [0.25, 0.3) is 5.91 Å². The van der Waals surface area contributed by atoms with Gasteiger partial charge in [-0.1, -0.05) is 0 Å². The van der Waals surface area contributed by atoms with E-state index in [1.54, 1.807) is 22.4 Å². The van der Waals surface area contributed by atoms with Crippen molar-refractivity contribution in [3.63, 3.8) is 0 Å². The van der Waals surface area contributed by atoms with Gasteiger partial charge in [0, 0.05) is 18.0 Å². The van der Waals surface area contributed by atoms with E-state index >= 15 is 0 Å². The number of methoxy groups -OCH3 is 1. The van der Waals surface area contributed by atoms with Crippen molar-refractivity contribution in [3.05, 3.63) is 56.9 Å². The first-order valence-electron chi connectivity index (χ1n) is 8.32. The summed E-state index contributed by atoms with van der Waals surface area (Å²) >= 11 is 1.36. The lowest BCUT2D eigenvalue weighted by molar-refractivity contribution is 0.0947. The smallest absolute Gasteiger partial charge is 0.350 e. The van der Waals surface area contributed by atoms with Gasteiger partial charge in [0.1, 0.15) is 11.4 Å². The van der Waals surface area contributed by atoms with Gasteiger partial charge in [-0.15, -0.1) is 16.4 Å². The number of nitrogens with one attached hydrogen (secondary N) is 1. The summed E-state index contributed by atoms with van der Waals surface area (Å²) in [7, 11) is 1.59. The van der Waals surface area contributed by atoms with E-state index in [2.05, 4.69) is 15.4 Å². The fourth-order valence-electron chi connectivity index (χ4n) is 2.98. The second-order valence-electron chi connectivity index (χ2n) is 6.05. The molecule has 138 valence electrons. The third-order valence-corrected chi connectivity index (χ3v) is 4.90. The molecule has 0 unspecified atom stereocenters. The maximum Gasteiger partial charge on any atom is 0.350 e. The van der Waals surface area contributed by atoms with E-state index in [0.717, 1.165) is 16.5 Å². The summed E-state index contributed by atoms with van der Waals surface area (Å²) < 4.78 is 8.22. The third kappa shape index (κ3) is 3.06. The zero-order valence-electron chi connectivity index (χ0n) is 14.8. The number of fused-ring (bicyclic) bond motifs is 3. The van der Waals surface area contributed by atoms with Crippen LogP contribution in [0, 0.1) is 6.92 Å². The largest absolute Gasteiger partial charge is 0.497 e. The molecule has 1 amide bonds. The number of amides is 1. The molecule has 1 N–H and O–H groups in total. The summed E-state index contributed by atoms with van der Waals surface area (Å²) in [6.07, 6.45) is 0. The second kappa shape index (κ2) is 6.84. The Kier molecular flexibility index (Phi) is 4.36. The number of benzene rings is 1. The number of aryl methyl sites for hydroxylation is 1. The Morgan fingerprint density at radius 1 is 1.33 bits per heavy atom. The van der Waals surface area contributed by atoms with Gasteiger partial charge in [-0.3, -0.25) is 4.79 Å². The highest BCUT2D eigenvalue weighted by Crippen LogP contribution is 2.23. The monoisotopic (exact) mass is 383 g/mol. The number of carbonyl (C=O) groups is 1. The molecule has 8 nitrogen and oxygen atoms in total. The fourth-order valence-corrected chi connectivity index (χ4v) is 3.51. The van der Waals surface area contributed by atoms with Crippen LogP contribution >= 0.6 is 11.3 Å². The van der Waals surface area contributed by atoms with Crippen molar-refractivity contribution < 1.29 is 9.53 Å². The molecular formula is C18H17N5O3S. The predicted molar refractivity (Wildman–Crippen MR) is 103 cm³/mol. The first-order valence-corrected chi connectivity index (χ1v) is 9.26. The molecule has 0 spiro atoms. The zero-order chi connectivity index (χ0) is 19.0. The lowest BCUT2D eigenvalue weighted by Gasteiger charge is -2.05. The minimum absolute atomic E-state index is 0.255. The van der Waals surface area contributed by atoms with Crippen LogP contribution in [0.15, 0.2) is 40.0 Å². The summed E-state index contributed by atoms with van der Waals surface area (Å²) in [6, 6.07) is 7.58. The van der Waals surface area contributed by atoms with Gasteiger partial charge >= 0.3 is 5.69 Å². The number of hydrogen-bond acceptors (Lipinski definition) is 6. The van der Waals surface area contributed by atoms with Gasteiger partial charge in [-0.25, -0.2) is 18.9 Å². The molecule has 0 aliphatic carbocycles. The number of aromatic nitrogens is 4. The summed E-state index contributed by atoms with van der Waals surface area (Å²) in [5, 5.41) is 9.80. The van der Waals surface area contributed by atoms with Crippen LogP contribution in [0.5, 0.6) is 5.75 Å². The van der Waals surface area contributed by atoms with Crippen molar-refractivity contribution in [1.29, 1.82) is 0 Å². The van der Waals surface area contributed by atoms with Crippen LogP contribution in [0.1, 0.15) is 16.1 Å². The average Bonchev–Trinajstić information content (AvgIpc) is 3.31. The molecule has 0 aliphatic heterocycles. The number of nitrogens with zero attached hydrogens (tertiary/aromatic N) is 4. The lowest BCUT2D eigenvalue weighted by Crippen LogP contribution is -2.31. The molecule has 0 atom stereocenters. The fraction of sp³-hybridized carbons (Fsp3) is 0.222. The summed E-state index contributed by atoms with van der Waals surface area (Å²) in [4.78, 5) is 28.8. The Hall–Kier alpha value is -3.20. The molecule has 0 bridgehead atoms. The van der Waals surface area contributed by atoms with Crippen LogP contribution in [-0.4, -0.2) is 38.7 Å². The molecule has 1 aromatic carbocycles. The average molecular weight is 383 g/mol. The minimum atomic E-state index is -0.264. The van der Waals surface area contributed by atoms with E-state index in [4.69, 9.17) is 4.74 Å². The van der Waals surface area contributed by atoms with Gasteiger partial charge < -0.3 is 10.1 Å². The van der Waals surface area contributed by atoms with Crippen molar-refractivity contribution >= 4 is 33.8 Å². The van der Waals surface area contributed by atoms with Gasteiger partial charge in [0.2, 0.25) is 0 Å². The van der Waals surface area contributed by atoms with E-state index in [0.29, 0.717) is 17.1 Å². The molecule has 4 aromatic rings. The molecule has 0 aliphatic rings. The zero-order valence-corrected chi connectivity index (χ0v) is 15.6. The number of rotatable bonds is 5. The molecule has 4 rings (SSSR count). The molecule has 0 radical (unpaired) electrons. The Bertz CT molecular complexity index is 1190. The molecule has 0 fully saturated rings. The maximum absolute atomic E-state index is 12.9.